The van der Waals surface area contributed by atoms with Crippen molar-refractivity contribution in [1.29, 1.82) is 0 Å². The van der Waals surface area contributed by atoms with Crippen LogP contribution >= 0.6 is 11.8 Å². The van der Waals surface area contributed by atoms with Gasteiger partial charge in [-0.15, -0.1) is 10.2 Å². The van der Waals surface area contributed by atoms with Crippen molar-refractivity contribution in [3.05, 3.63) is 54.1 Å². The summed E-state index contributed by atoms with van der Waals surface area (Å²) in [7, 11) is 1.54. The highest BCUT2D eigenvalue weighted by Gasteiger charge is 2.31. The number of nitrogens with one attached hydrogen (secondary N) is 1. The number of alkyl halides is 3. The van der Waals surface area contributed by atoms with Gasteiger partial charge in [0.15, 0.2) is 11.0 Å². The molecule has 0 aliphatic rings. The zero-order valence-electron chi connectivity index (χ0n) is 18.0. The van der Waals surface area contributed by atoms with Gasteiger partial charge in [0.1, 0.15) is 5.75 Å². The maximum Gasteiger partial charge on any atom is 0.416 e. The van der Waals surface area contributed by atoms with E-state index < -0.39 is 17.0 Å². The van der Waals surface area contributed by atoms with Crippen LogP contribution in [0.25, 0.3) is 17.1 Å². The molecule has 1 N–H and O–H groups in total. The number of carbonyl (C=O) groups is 1. The van der Waals surface area contributed by atoms with Crippen molar-refractivity contribution in [2.24, 2.45) is 0 Å². The number of aromatic nitrogens is 3. The highest BCUT2D eigenvalue weighted by Crippen LogP contribution is 2.34. The maximum atomic E-state index is 13.3. The van der Waals surface area contributed by atoms with Gasteiger partial charge < -0.3 is 10.1 Å². The summed E-state index contributed by atoms with van der Waals surface area (Å²) in [6, 6.07) is 11.8. The first-order valence-electron chi connectivity index (χ1n) is 9.84. The lowest BCUT2D eigenvalue weighted by Crippen LogP contribution is -2.36. The Labute approximate surface area is 188 Å². The molecule has 0 saturated carbocycles. The van der Waals surface area contributed by atoms with Gasteiger partial charge in [-0.05, 0) is 63.2 Å². The first-order chi connectivity index (χ1) is 15.1. The first kappa shape index (κ1) is 23.6. The maximum absolute atomic E-state index is 13.3. The van der Waals surface area contributed by atoms with E-state index in [1.807, 2.05) is 13.8 Å². The summed E-state index contributed by atoms with van der Waals surface area (Å²) in [6.45, 7) is 5.41. The number of methoxy groups -OCH3 is 1. The van der Waals surface area contributed by atoms with E-state index in [-0.39, 0.29) is 17.6 Å². The van der Waals surface area contributed by atoms with Crippen molar-refractivity contribution in [3.8, 4) is 22.8 Å². The molecule has 0 aliphatic heterocycles. The van der Waals surface area contributed by atoms with E-state index in [4.69, 9.17) is 4.74 Å². The van der Waals surface area contributed by atoms with Crippen LogP contribution in [0.5, 0.6) is 5.75 Å². The standard InChI is InChI=1S/C22H23F3N4O2S/c1-13(2)26-20(30)14(3)32-21-28-27-19(15-8-10-18(31-4)11-9-15)29(21)17-7-5-6-16(12-17)22(23,24)25/h5-14H,1-4H3,(H,26,30). The molecule has 1 unspecified atom stereocenters. The number of amides is 1. The molecular weight excluding hydrogens is 441 g/mol. The Hall–Kier alpha value is -3.01. The summed E-state index contributed by atoms with van der Waals surface area (Å²) in [5, 5.41) is 11.0. The van der Waals surface area contributed by atoms with Crippen molar-refractivity contribution in [1.82, 2.24) is 20.1 Å². The van der Waals surface area contributed by atoms with Gasteiger partial charge in [-0.25, -0.2) is 0 Å². The Morgan fingerprint density at radius 3 is 2.38 bits per heavy atom. The minimum Gasteiger partial charge on any atom is -0.497 e. The van der Waals surface area contributed by atoms with E-state index in [0.29, 0.717) is 22.3 Å². The summed E-state index contributed by atoms with van der Waals surface area (Å²) in [6.07, 6.45) is -4.50. The number of ether oxygens (including phenoxy) is 1. The fourth-order valence-electron chi connectivity index (χ4n) is 2.94. The number of hydrogen-bond donors (Lipinski definition) is 1. The topological polar surface area (TPSA) is 69.0 Å². The predicted octanol–water partition coefficient (Wildman–Crippen LogP) is 4.97. The Bertz CT molecular complexity index is 1080. The highest BCUT2D eigenvalue weighted by molar-refractivity contribution is 8.00. The lowest BCUT2D eigenvalue weighted by molar-refractivity contribution is -0.137. The number of nitrogens with zero attached hydrogens (tertiary/aromatic N) is 3. The summed E-state index contributed by atoms with van der Waals surface area (Å²) >= 11 is 1.12. The predicted molar refractivity (Wildman–Crippen MR) is 117 cm³/mol. The van der Waals surface area contributed by atoms with Gasteiger partial charge in [0.25, 0.3) is 0 Å². The van der Waals surface area contributed by atoms with Crippen LogP contribution in [0.1, 0.15) is 26.3 Å². The van der Waals surface area contributed by atoms with Crippen LogP contribution in [-0.2, 0) is 11.0 Å². The third kappa shape index (κ3) is 5.42. The van der Waals surface area contributed by atoms with Crippen molar-refractivity contribution < 1.29 is 22.7 Å². The van der Waals surface area contributed by atoms with E-state index in [9.17, 15) is 18.0 Å². The minimum atomic E-state index is -4.50. The largest absolute Gasteiger partial charge is 0.497 e. The highest BCUT2D eigenvalue weighted by atomic mass is 32.2. The number of rotatable bonds is 7. The zero-order chi connectivity index (χ0) is 23.5. The monoisotopic (exact) mass is 464 g/mol. The molecule has 0 saturated heterocycles. The number of halogens is 3. The summed E-state index contributed by atoms with van der Waals surface area (Å²) in [4.78, 5) is 12.4. The molecule has 0 bridgehead atoms. The van der Waals surface area contributed by atoms with Gasteiger partial charge in [-0.1, -0.05) is 17.8 Å². The lowest BCUT2D eigenvalue weighted by Gasteiger charge is -2.16. The van der Waals surface area contributed by atoms with E-state index in [1.54, 1.807) is 44.4 Å². The molecule has 0 spiro atoms. The van der Waals surface area contributed by atoms with Crippen LogP contribution in [0.2, 0.25) is 0 Å². The van der Waals surface area contributed by atoms with Crippen molar-refractivity contribution >= 4 is 17.7 Å². The quantitative estimate of drug-likeness (QED) is 0.500. The summed E-state index contributed by atoms with van der Waals surface area (Å²) in [5.41, 5.74) is 0.0994. The SMILES string of the molecule is COc1ccc(-c2nnc(SC(C)C(=O)NC(C)C)n2-c2cccc(C(F)(F)F)c2)cc1. The normalized spacial score (nSPS) is 12.6. The summed E-state index contributed by atoms with van der Waals surface area (Å²) < 4.78 is 46.7. The average Bonchev–Trinajstić information content (AvgIpc) is 3.16. The van der Waals surface area contributed by atoms with Gasteiger partial charge in [0, 0.05) is 11.6 Å². The number of hydrogen-bond acceptors (Lipinski definition) is 5. The molecule has 10 heteroatoms. The van der Waals surface area contributed by atoms with E-state index in [0.717, 1.165) is 23.9 Å². The Morgan fingerprint density at radius 1 is 1.09 bits per heavy atom. The molecule has 6 nitrogen and oxygen atoms in total. The van der Waals surface area contributed by atoms with E-state index >= 15 is 0 Å². The fourth-order valence-corrected chi connectivity index (χ4v) is 3.82. The van der Waals surface area contributed by atoms with Crippen LogP contribution < -0.4 is 10.1 Å². The van der Waals surface area contributed by atoms with Crippen LogP contribution in [-0.4, -0.2) is 39.1 Å². The van der Waals surface area contributed by atoms with Gasteiger partial charge >= 0.3 is 6.18 Å². The Balaban J connectivity index is 2.08. The van der Waals surface area contributed by atoms with Crippen LogP contribution in [0.15, 0.2) is 53.7 Å². The minimum absolute atomic E-state index is 0.0400. The smallest absolute Gasteiger partial charge is 0.416 e. The number of benzene rings is 2. The van der Waals surface area contributed by atoms with Gasteiger partial charge in [0.05, 0.1) is 23.6 Å². The molecule has 3 aromatic rings. The van der Waals surface area contributed by atoms with Gasteiger partial charge in [-0.2, -0.15) is 13.2 Å². The molecule has 0 aliphatic carbocycles. The molecule has 0 radical (unpaired) electrons. The Kier molecular flexibility index (Phi) is 7.12. The molecule has 1 atom stereocenters. The fraction of sp³-hybridized carbons (Fsp3) is 0.318. The molecule has 0 fully saturated rings. The van der Waals surface area contributed by atoms with E-state index in [1.165, 1.54) is 10.6 Å². The third-order valence-electron chi connectivity index (χ3n) is 4.50. The van der Waals surface area contributed by atoms with Crippen molar-refractivity contribution in [2.75, 3.05) is 7.11 Å². The number of thioether (sulfide) groups is 1. The molecule has 170 valence electrons. The molecule has 1 heterocycles. The molecule has 1 amide bonds. The lowest BCUT2D eigenvalue weighted by atomic mass is 10.1. The van der Waals surface area contributed by atoms with Crippen LogP contribution in [0.4, 0.5) is 13.2 Å². The van der Waals surface area contributed by atoms with Crippen LogP contribution in [0.3, 0.4) is 0 Å². The molecule has 2 aromatic carbocycles. The van der Waals surface area contributed by atoms with Crippen molar-refractivity contribution in [3.63, 3.8) is 0 Å². The third-order valence-corrected chi connectivity index (χ3v) is 5.54. The summed E-state index contributed by atoms with van der Waals surface area (Å²) in [5.74, 6) is 0.785. The zero-order valence-corrected chi connectivity index (χ0v) is 18.8. The second kappa shape index (κ2) is 9.64. The van der Waals surface area contributed by atoms with Gasteiger partial charge in [0.2, 0.25) is 5.91 Å². The molecular formula is C22H23F3N4O2S. The first-order valence-corrected chi connectivity index (χ1v) is 10.7. The van der Waals surface area contributed by atoms with Gasteiger partial charge in [-0.3, -0.25) is 9.36 Å². The van der Waals surface area contributed by atoms with Crippen molar-refractivity contribution in [2.45, 2.75) is 43.4 Å². The molecule has 1 aromatic heterocycles. The molecule has 3 rings (SSSR count). The average molecular weight is 465 g/mol. The Morgan fingerprint density at radius 2 is 1.78 bits per heavy atom. The number of carbonyl (C=O) groups excluding carboxylic acids is 1. The van der Waals surface area contributed by atoms with Crippen LogP contribution in [0, 0.1) is 0 Å². The molecule has 32 heavy (non-hydrogen) atoms. The second-order valence-corrected chi connectivity index (χ2v) is 8.65. The second-order valence-electron chi connectivity index (χ2n) is 7.34. The van der Waals surface area contributed by atoms with E-state index in [2.05, 4.69) is 15.5 Å².